The predicted molar refractivity (Wildman–Crippen MR) is 445 cm³/mol. The Morgan fingerprint density at radius 1 is 0.269 bits per heavy atom. The van der Waals surface area contributed by atoms with E-state index in [1.807, 2.05) is 42.5 Å². The molecule has 0 bridgehead atoms. The van der Waals surface area contributed by atoms with Crippen molar-refractivity contribution >= 4 is 39.5 Å². The Labute approximate surface area is 654 Å². The van der Waals surface area contributed by atoms with Crippen LogP contribution >= 0.6 is 15.6 Å². The molecule has 2 unspecified atom stereocenters. The van der Waals surface area contributed by atoms with E-state index in [9.17, 15) is 43.2 Å². The fourth-order valence-electron chi connectivity index (χ4n) is 10.1. The quantitative estimate of drug-likeness (QED) is 0.0169. The molecular weight excluding hydrogens is 1400 g/mol. The minimum atomic E-state index is -5.02. The number of phosphoric acid groups is 2. The van der Waals surface area contributed by atoms with E-state index >= 15 is 0 Å². The molecule has 3 N–H and O–H groups in total. The van der Waals surface area contributed by atoms with E-state index in [-0.39, 0.29) is 25.7 Å². The van der Waals surface area contributed by atoms with Crippen LogP contribution in [0.4, 0.5) is 0 Å². The van der Waals surface area contributed by atoms with Crippen molar-refractivity contribution in [3.05, 3.63) is 182 Å². The van der Waals surface area contributed by atoms with Crippen molar-refractivity contribution in [3.63, 3.8) is 0 Å². The van der Waals surface area contributed by atoms with E-state index in [1.54, 1.807) is 0 Å². The maximum absolute atomic E-state index is 13.1. The summed E-state index contributed by atoms with van der Waals surface area (Å²) in [7, 11) is -10.0. The van der Waals surface area contributed by atoms with Crippen LogP contribution in [0.1, 0.15) is 297 Å². The Kier molecular flexibility index (Phi) is 75.0. The molecule has 108 heavy (non-hydrogen) atoms. The summed E-state index contributed by atoms with van der Waals surface area (Å²) in [6.07, 6.45) is 96.1. The second-order valence-electron chi connectivity index (χ2n) is 26.6. The fraction of sp³-hybridized carbons (Fsp3) is 0.618. The van der Waals surface area contributed by atoms with Gasteiger partial charge in [0.05, 0.1) is 26.4 Å². The number of hydrogen-bond acceptors (Lipinski definition) is 15. The van der Waals surface area contributed by atoms with Crippen LogP contribution in [0.2, 0.25) is 0 Å². The van der Waals surface area contributed by atoms with Gasteiger partial charge in [-0.3, -0.25) is 37.3 Å². The Morgan fingerprint density at radius 2 is 0.509 bits per heavy atom. The molecule has 0 aromatic heterocycles. The summed E-state index contributed by atoms with van der Waals surface area (Å²) in [6, 6.07) is 0. The predicted octanol–water partition coefficient (Wildman–Crippen LogP) is 24.3. The van der Waals surface area contributed by atoms with Gasteiger partial charge in [0, 0.05) is 25.7 Å². The smallest absolute Gasteiger partial charge is 0.462 e. The number of ether oxygens (including phenoxy) is 4. The van der Waals surface area contributed by atoms with Gasteiger partial charge in [0.1, 0.15) is 19.3 Å². The second kappa shape index (κ2) is 79.3. The number of unbranched alkanes of at least 4 members (excludes halogenated alkanes) is 19. The Hall–Kier alpha value is -5.84. The first-order chi connectivity index (χ1) is 52.7. The zero-order chi connectivity index (χ0) is 78.9. The summed E-state index contributed by atoms with van der Waals surface area (Å²) in [5.74, 6) is -2.43. The number of carbonyl (C=O) groups is 4. The van der Waals surface area contributed by atoms with Gasteiger partial charge in [-0.15, -0.1) is 0 Å². The van der Waals surface area contributed by atoms with Crippen LogP contribution in [0.25, 0.3) is 0 Å². The third-order valence-corrected chi connectivity index (χ3v) is 18.2. The summed E-state index contributed by atoms with van der Waals surface area (Å²) in [5, 5.41) is 10.7. The van der Waals surface area contributed by atoms with Gasteiger partial charge in [-0.2, -0.15) is 0 Å². The summed E-state index contributed by atoms with van der Waals surface area (Å²) in [4.78, 5) is 73.0. The number of phosphoric ester groups is 2. The van der Waals surface area contributed by atoms with Crippen molar-refractivity contribution in [1.82, 2.24) is 0 Å². The molecule has 0 aliphatic carbocycles. The lowest BCUT2D eigenvalue weighted by Gasteiger charge is -2.21. The van der Waals surface area contributed by atoms with Crippen molar-refractivity contribution in [2.45, 2.75) is 316 Å². The van der Waals surface area contributed by atoms with Crippen molar-refractivity contribution in [2.24, 2.45) is 0 Å². The van der Waals surface area contributed by atoms with Crippen LogP contribution in [0, 0.1) is 0 Å². The molecule has 0 heterocycles. The zero-order valence-electron chi connectivity index (χ0n) is 66.9. The maximum atomic E-state index is 13.1. The molecule has 19 heteroatoms. The molecule has 0 aliphatic heterocycles. The summed E-state index contributed by atoms with van der Waals surface area (Å²) < 4.78 is 68.5. The number of rotatable bonds is 75. The van der Waals surface area contributed by atoms with Crippen molar-refractivity contribution < 1.29 is 80.2 Å². The first-order valence-corrected chi connectivity index (χ1v) is 44.0. The Balaban J connectivity index is 5.56. The molecule has 0 saturated carbocycles. The SMILES string of the molecule is CC/C=C\C/C=C\C/C=C\C/C=C\C/C=C\C/C=C\CCC(=O)O[C@H](COC(=O)CCC/C=C\C/C=C\C/C=C\C/C=C\CCCCC)COP(=O)(O)OC[C@@H](O)COP(=O)(O)OC[C@@H](COC(=O)CCC/C=C\C/C=C\C/C=C\C/C=C\CCCCC)OC(=O)CCCCCCC/C=C\CCCCCCCC. The van der Waals surface area contributed by atoms with Crippen LogP contribution in [0.3, 0.4) is 0 Å². The highest BCUT2D eigenvalue weighted by Gasteiger charge is 2.30. The van der Waals surface area contributed by atoms with E-state index < -0.39 is 97.5 Å². The van der Waals surface area contributed by atoms with Crippen molar-refractivity contribution in [3.8, 4) is 0 Å². The average molecular weight is 1550 g/mol. The average Bonchev–Trinajstić information content (AvgIpc) is 0.907. The zero-order valence-corrected chi connectivity index (χ0v) is 68.7. The lowest BCUT2D eigenvalue weighted by molar-refractivity contribution is -0.161. The van der Waals surface area contributed by atoms with Crippen LogP contribution in [0.5, 0.6) is 0 Å². The van der Waals surface area contributed by atoms with Crippen molar-refractivity contribution in [1.29, 1.82) is 0 Å². The molecule has 0 radical (unpaired) electrons. The molecule has 0 fully saturated rings. The molecule has 0 spiro atoms. The lowest BCUT2D eigenvalue weighted by atomic mass is 10.1. The molecule has 0 aromatic carbocycles. The number of aliphatic hydroxyl groups is 1. The molecular formula is C89H144O17P2. The molecule has 17 nitrogen and oxygen atoms in total. The minimum absolute atomic E-state index is 0.0503. The highest BCUT2D eigenvalue weighted by Crippen LogP contribution is 2.45. The fourth-order valence-corrected chi connectivity index (χ4v) is 11.7. The maximum Gasteiger partial charge on any atom is 0.472 e. The van der Waals surface area contributed by atoms with Gasteiger partial charge in [0.15, 0.2) is 12.2 Å². The number of allylic oxidation sites excluding steroid dienone is 30. The number of carbonyl (C=O) groups excluding carboxylic acids is 4. The topological polar surface area (TPSA) is 237 Å². The minimum Gasteiger partial charge on any atom is -0.462 e. The second-order valence-corrected chi connectivity index (χ2v) is 29.5. The number of hydrogen-bond donors (Lipinski definition) is 3. The normalized spacial score (nSPS) is 14.8. The highest BCUT2D eigenvalue weighted by molar-refractivity contribution is 7.47. The third kappa shape index (κ3) is 78.3. The Morgan fingerprint density at radius 3 is 0.852 bits per heavy atom. The lowest BCUT2D eigenvalue weighted by Crippen LogP contribution is -2.30. The van der Waals surface area contributed by atoms with Gasteiger partial charge in [0.2, 0.25) is 0 Å². The molecule has 0 saturated heterocycles. The van der Waals surface area contributed by atoms with Gasteiger partial charge in [-0.05, 0) is 167 Å². The molecule has 0 amide bonds. The van der Waals surface area contributed by atoms with Gasteiger partial charge in [-0.1, -0.05) is 287 Å². The molecule has 5 atom stereocenters. The van der Waals surface area contributed by atoms with Crippen molar-refractivity contribution in [2.75, 3.05) is 39.6 Å². The van der Waals surface area contributed by atoms with E-state index in [4.69, 9.17) is 37.0 Å². The van der Waals surface area contributed by atoms with E-state index in [0.717, 1.165) is 122 Å². The Bertz CT molecular complexity index is 2760. The van der Waals surface area contributed by atoms with Crippen LogP contribution in [0.15, 0.2) is 182 Å². The molecule has 0 rings (SSSR count). The molecule has 612 valence electrons. The van der Waals surface area contributed by atoms with Crippen LogP contribution in [-0.2, 0) is 65.4 Å². The van der Waals surface area contributed by atoms with Crippen LogP contribution in [-0.4, -0.2) is 96.7 Å². The standard InChI is InChI=1S/C89H144O17P2/c1-5-9-13-17-21-25-29-33-37-40-41-44-48-52-56-60-64-68-72-76-89(94)106-85(80-100-87(92)74-70-66-62-58-54-50-47-43-39-35-31-27-23-19-15-11-7-3)82-104-108(97,98)102-78-83(90)77-101-107(95,96)103-81-84(105-88(93)75-71-67-63-59-55-51-45-36-32-28-24-20-16-12-8-4)79-99-86(91)73-69-65-61-57-53-49-46-42-38-34-30-26-22-18-14-10-6-2/h9,13,21-23,25-27,33-39,41,44-47,49-50,52,56-58,61-62,64,68,83-85,90H,5-8,10-12,14-20,24,28-32,40,42-43,48,51,53-55,59-60,63,65-67,69-82H2,1-4H3,(H,95,96)(H,97,98)/b13-9-,25-21-,26-22-,27-23-,37-33-,38-34-,39-35-,44-41-,45-36-,49-46-,50-47-,56-52-,61-57-,62-58-,68-64-/t83-,84+,85+/m0/s1. The van der Waals surface area contributed by atoms with E-state index in [2.05, 4.69) is 167 Å². The summed E-state index contributed by atoms with van der Waals surface area (Å²) >= 11 is 0. The first kappa shape index (κ1) is 102. The van der Waals surface area contributed by atoms with Gasteiger partial charge in [0.25, 0.3) is 0 Å². The summed E-state index contributed by atoms with van der Waals surface area (Å²) in [6.45, 7) is 4.47. The van der Waals surface area contributed by atoms with Gasteiger partial charge >= 0.3 is 39.5 Å². The molecule has 0 aromatic rings. The molecule has 0 aliphatic rings. The van der Waals surface area contributed by atoms with E-state index in [1.165, 1.54) is 77.0 Å². The third-order valence-electron chi connectivity index (χ3n) is 16.3. The monoisotopic (exact) mass is 1550 g/mol. The number of aliphatic hydroxyl groups excluding tert-OH is 1. The first-order valence-electron chi connectivity index (χ1n) is 41.0. The largest absolute Gasteiger partial charge is 0.472 e. The summed E-state index contributed by atoms with van der Waals surface area (Å²) in [5.41, 5.74) is 0. The van der Waals surface area contributed by atoms with Crippen LogP contribution < -0.4 is 0 Å². The van der Waals surface area contributed by atoms with Gasteiger partial charge < -0.3 is 33.8 Å². The van der Waals surface area contributed by atoms with E-state index in [0.29, 0.717) is 44.9 Å². The number of esters is 4. The highest BCUT2D eigenvalue weighted by atomic mass is 31.2. The van der Waals surface area contributed by atoms with Gasteiger partial charge in [-0.25, -0.2) is 9.13 Å².